The highest BCUT2D eigenvalue weighted by Crippen LogP contribution is 2.44. The predicted octanol–water partition coefficient (Wildman–Crippen LogP) is 9.91. The van der Waals surface area contributed by atoms with E-state index in [1.165, 1.54) is 102 Å². The Balaban J connectivity index is 4.23. The van der Waals surface area contributed by atoms with Gasteiger partial charge in [-0.3, -0.25) is 0 Å². The van der Waals surface area contributed by atoms with Gasteiger partial charge in [-0.1, -0.05) is 104 Å². The number of carbonyl (C=O) groups is 1. The van der Waals surface area contributed by atoms with Crippen LogP contribution in [0.1, 0.15) is 144 Å². The molecule has 222 valence electrons. The minimum atomic E-state index is -4.40. The van der Waals surface area contributed by atoms with Crippen molar-refractivity contribution in [3.63, 3.8) is 0 Å². The lowest BCUT2D eigenvalue weighted by atomic mass is 10.1. The van der Waals surface area contributed by atoms with Gasteiger partial charge in [-0.25, -0.2) is 9.36 Å². The highest BCUT2D eigenvalue weighted by molar-refractivity contribution is 7.99. The number of carbonyl (C=O) groups excluding carboxylic acids is 1. The van der Waals surface area contributed by atoms with Crippen LogP contribution in [0.2, 0.25) is 0 Å². The first kappa shape index (κ1) is 36.9. The van der Waals surface area contributed by atoms with Gasteiger partial charge in [0.25, 0.3) is 0 Å². The highest BCUT2D eigenvalue weighted by atomic mass is 32.2. The third kappa shape index (κ3) is 22.4. The lowest BCUT2D eigenvalue weighted by Crippen LogP contribution is -2.25. The second kappa shape index (κ2) is 24.9. The molecule has 0 fully saturated rings. The molecule has 0 aromatic rings. The van der Waals surface area contributed by atoms with Crippen LogP contribution in [0.3, 0.4) is 0 Å². The first-order valence-electron chi connectivity index (χ1n) is 15.2. The van der Waals surface area contributed by atoms with Crippen molar-refractivity contribution in [1.29, 1.82) is 0 Å². The predicted molar refractivity (Wildman–Crippen MR) is 159 cm³/mol. The monoisotopic (exact) mass is 566 g/mol. The fourth-order valence-electron chi connectivity index (χ4n) is 4.17. The van der Waals surface area contributed by atoms with Gasteiger partial charge in [-0.15, -0.1) is 0 Å². The van der Waals surface area contributed by atoms with Crippen LogP contribution < -0.4 is 0 Å². The van der Waals surface area contributed by atoms with E-state index in [0.717, 1.165) is 6.42 Å². The van der Waals surface area contributed by atoms with Crippen molar-refractivity contribution in [2.75, 3.05) is 19.0 Å². The Morgan fingerprint density at radius 2 is 1.27 bits per heavy atom. The molecule has 3 unspecified atom stereocenters. The number of unbranched alkanes of at least 4 members (excludes halogenated alkanes) is 13. The van der Waals surface area contributed by atoms with Crippen LogP contribution in [0.25, 0.3) is 0 Å². The zero-order chi connectivity index (χ0) is 27.8. The van der Waals surface area contributed by atoms with E-state index in [1.807, 2.05) is 11.8 Å². The SMILES string of the molecule is CCCCCCCCCCCCSC(CCCCCCC)C(C)OCCCOP(=O)(O)C(=O)OC(C)C. The summed E-state index contributed by atoms with van der Waals surface area (Å²) in [6.07, 6.45) is 21.2. The molecule has 0 aromatic heterocycles. The van der Waals surface area contributed by atoms with Gasteiger partial charge in [0.2, 0.25) is 0 Å². The van der Waals surface area contributed by atoms with Crippen LogP contribution in [0, 0.1) is 0 Å². The van der Waals surface area contributed by atoms with Gasteiger partial charge < -0.3 is 18.9 Å². The molecular formula is C29H59O6PS. The third-order valence-corrected chi connectivity index (χ3v) is 9.12. The largest absolute Gasteiger partial charge is 0.454 e. The molecule has 0 heterocycles. The van der Waals surface area contributed by atoms with Crippen molar-refractivity contribution in [1.82, 2.24) is 0 Å². The van der Waals surface area contributed by atoms with Crippen LogP contribution in [-0.2, 0) is 18.6 Å². The van der Waals surface area contributed by atoms with Gasteiger partial charge in [0.05, 0.1) is 18.8 Å². The maximum Gasteiger partial charge on any atom is 0.435 e. The van der Waals surface area contributed by atoms with E-state index in [0.29, 0.717) is 18.3 Å². The maximum atomic E-state index is 11.9. The Morgan fingerprint density at radius 3 is 1.81 bits per heavy atom. The molecule has 0 aliphatic heterocycles. The summed E-state index contributed by atoms with van der Waals surface area (Å²) in [7, 11) is -4.40. The van der Waals surface area contributed by atoms with E-state index in [4.69, 9.17) is 14.0 Å². The van der Waals surface area contributed by atoms with E-state index in [9.17, 15) is 14.3 Å². The first-order valence-corrected chi connectivity index (χ1v) is 17.8. The molecule has 0 radical (unpaired) electrons. The normalized spacial score (nSPS) is 15.0. The van der Waals surface area contributed by atoms with Crippen molar-refractivity contribution in [3.8, 4) is 0 Å². The minimum Gasteiger partial charge on any atom is -0.454 e. The van der Waals surface area contributed by atoms with Crippen molar-refractivity contribution in [3.05, 3.63) is 0 Å². The molecule has 0 rings (SSSR count). The zero-order valence-corrected chi connectivity index (χ0v) is 26.4. The summed E-state index contributed by atoms with van der Waals surface area (Å²) in [5.74, 6) is 1.18. The standard InChI is InChI=1S/C29H59O6PS/c1-6-8-10-12-13-14-15-16-18-20-25-37-28(22-19-17-11-9-7-2)27(5)33-23-21-24-34-36(31,32)29(30)35-26(3)4/h26-28H,6-25H2,1-5H3,(H,31,32). The maximum absolute atomic E-state index is 11.9. The number of hydrogen-bond donors (Lipinski definition) is 1. The number of thioether (sulfide) groups is 1. The first-order chi connectivity index (χ1) is 17.7. The van der Waals surface area contributed by atoms with Crippen LogP contribution in [-0.4, -0.2) is 47.0 Å². The molecule has 0 saturated carbocycles. The molecule has 3 atom stereocenters. The molecule has 0 amide bonds. The summed E-state index contributed by atoms with van der Waals surface area (Å²) in [6, 6.07) is 0. The quantitative estimate of drug-likeness (QED) is 0.0782. The van der Waals surface area contributed by atoms with Crippen LogP contribution in [0.5, 0.6) is 0 Å². The van der Waals surface area contributed by atoms with E-state index < -0.39 is 19.4 Å². The highest BCUT2D eigenvalue weighted by Gasteiger charge is 2.33. The molecule has 0 aromatic carbocycles. The second-order valence-electron chi connectivity index (χ2n) is 10.5. The number of hydrogen-bond acceptors (Lipinski definition) is 6. The van der Waals surface area contributed by atoms with Crippen LogP contribution >= 0.6 is 19.4 Å². The smallest absolute Gasteiger partial charge is 0.435 e. The third-order valence-electron chi connectivity index (χ3n) is 6.45. The molecule has 0 spiro atoms. The number of rotatable bonds is 27. The van der Waals surface area contributed by atoms with Gasteiger partial charge in [0, 0.05) is 11.9 Å². The zero-order valence-electron chi connectivity index (χ0n) is 24.7. The summed E-state index contributed by atoms with van der Waals surface area (Å²) >= 11 is 2.05. The summed E-state index contributed by atoms with van der Waals surface area (Å²) in [6.45, 7) is 10.3. The second-order valence-corrected chi connectivity index (χ2v) is 13.5. The summed E-state index contributed by atoms with van der Waals surface area (Å²) in [5.41, 5.74) is -1.19. The van der Waals surface area contributed by atoms with Gasteiger partial charge >= 0.3 is 13.3 Å². The lowest BCUT2D eigenvalue weighted by molar-refractivity contribution is 0.0533. The van der Waals surface area contributed by atoms with Crippen molar-refractivity contribution >= 4 is 25.1 Å². The topological polar surface area (TPSA) is 82.1 Å². The van der Waals surface area contributed by atoms with Crippen LogP contribution in [0.15, 0.2) is 0 Å². The van der Waals surface area contributed by atoms with Gasteiger partial charge in [-0.2, -0.15) is 11.8 Å². The summed E-state index contributed by atoms with van der Waals surface area (Å²) < 4.78 is 27.7. The molecule has 0 bridgehead atoms. The van der Waals surface area contributed by atoms with Gasteiger partial charge in [0.1, 0.15) is 0 Å². The Morgan fingerprint density at radius 1 is 0.757 bits per heavy atom. The van der Waals surface area contributed by atoms with E-state index in [-0.39, 0.29) is 12.7 Å². The molecule has 37 heavy (non-hydrogen) atoms. The average molecular weight is 567 g/mol. The van der Waals surface area contributed by atoms with E-state index in [1.54, 1.807) is 13.8 Å². The number of ether oxygens (including phenoxy) is 2. The molecule has 0 aliphatic rings. The van der Waals surface area contributed by atoms with Gasteiger partial charge in [0.15, 0.2) is 0 Å². The minimum absolute atomic E-state index is 0.0128. The Hall–Kier alpha value is -0.0700. The average Bonchev–Trinajstić information content (AvgIpc) is 2.85. The Labute approximate surface area is 233 Å². The summed E-state index contributed by atoms with van der Waals surface area (Å²) in [4.78, 5) is 21.4. The van der Waals surface area contributed by atoms with Gasteiger partial charge in [-0.05, 0) is 45.8 Å². The molecule has 0 aliphatic carbocycles. The van der Waals surface area contributed by atoms with Crippen molar-refractivity contribution in [2.24, 2.45) is 0 Å². The Bertz CT molecular complexity index is 575. The van der Waals surface area contributed by atoms with E-state index >= 15 is 0 Å². The van der Waals surface area contributed by atoms with Crippen LogP contribution in [0.4, 0.5) is 4.79 Å². The fraction of sp³-hybridized carbons (Fsp3) is 0.966. The molecule has 0 saturated heterocycles. The Kier molecular flexibility index (Phi) is 24.9. The van der Waals surface area contributed by atoms with Crippen molar-refractivity contribution < 1.29 is 28.3 Å². The molecule has 1 N–H and O–H groups in total. The van der Waals surface area contributed by atoms with E-state index in [2.05, 4.69) is 20.8 Å². The fourth-order valence-corrected chi connectivity index (χ4v) is 6.35. The lowest BCUT2D eigenvalue weighted by Gasteiger charge is -2.24. The molecule has 8 heteroatoms. The molecular weight excluding hydrogens is 507 g/mol. The summed E-state index contributed by atoms with van der Waals surface area (Å²) in [5, 5.41) is 0.464. The van der Waals surface area contributed by atoms with Crippen molar-refractivity contribution in [2.45, 2.75) is 161 Å². The molecule has 6 nitrogen and oxygen atoms in total.